The molecule has 3 rings (SSSR count). The number of carbonyl (C=O) groups is 1. The average Bonchev–Trinajstić information content (AvgIpc) is 3.00. The summed E-state index contributed by atoms with van der Waals surface area (Å²) in [5.41, 5.74) is 1.83. The highest BCUT2D eigenvalue weighted by molar-refractivity contribution is 7.18. The van der Waals surface area contributed by atoms with Gasteiger partial charge in [0.1, 0.15) is 11.8 Å². The van der Waals surface area contributed by atoms with Crippen LogP contribution >= 0.6 is 11.3 Å². The minimum absolute atomic E-state index is 0.127. The molecule has 0 unspecified atom stereocenters. The number of hydrogen-bond donors (Lipinski definition) is 2. The van der Waals surface area contributed by atoms with Gasteiger partial charge >= 0.3 is 0 Å². The number of carbonyl (C=O) groups excluding carboxylic acids is 1. The highest BCUT2D eigenvalue weighted by atomic mass is 32.1. The number of nitro groups is 1. The number of benzene rings is 2. The predicted octanol–water partition coefficient (Wildman–Crippen LogP) is 3.96. The molecular formula is C18H18N4O4S. The van der Waals surface area contributed by atoms with Gasteiger partial charge in [-0.25, -0.2) is 4.98 Å². The molecule has 0 spiro atoms. The molecule has 2 aromatic carbocycles. The van der Waals surface area contributed by atoms with Gasteiger partial charge in [0.05, 0.1) is 32.9 Å². The molecule has 0 aliphatic heterocycles. The van der Waals surface area contributed by atoms with Gasteiger partial charge in [0, 0.05) is 17.8 Å². The summed E-state index contributed by atoms with van der Waals surface area (Å²) in [6.07, 6.45) is 0. The summed E-state index contributed by atoms with van der Waals surface area (Å²) in [7, 11) is 1.44. The molecule has 0 radical (unpaired) electrons. The van der Waals surface area contributed by atoms with Gasteiger partial charge in [0.2, 0.25) is 5.91 Å². The number of rotatable bonds is 6. The van der Waals surface area contributed by atoms with Crippen LogP contribution in [0.15, 0.2) is 36.4 Å². The number of anilines is 2. The molecule has 0 saturated carbocycles. The number of methoxy groups -OCH3 is 1. The number of amides is 1. The van der Waals surface area contributed by atoms with Gasteiger partial charge in [0.15, 0.2) is 0 Å². The van der Waals surface area contributed by atoms with Crippen molar-refractivity contribution in [2.24, 2.45) is 0 Å². The second kappa shape index (κ2) is 7.58. The molecule has 0 saturated heterocycles. The van der Waals surface area contributed by atoms with Crippen LogP contribution < -0.4 is 15.4 Å². The lowest BCUT2D eigenvalue weighted by atomic mass is 10.2. The molecule has 0 aliphatic rings. The maximum Gasteiger partial charge on any atom is 0.271 e. The molecule has 9 heteroatoms. The van der Waals surface area contributed by atoms with Crippen LogP contribution in [0, 0.1) is 17.0 Å². The van der Waals surface area contributed by atoms with Gasteiger partial charge in [0.25, 0.3) is 5.69 Å². The molecule has 8 nitrogen and oxygen atoms in total. The Morgan fingerprint density at radius 1 is 1.30 bits per heavy atom. The van der Waals surface area contributed by atoms with Gasteiger partial charge in [-0.15, -0.1) is 11.3 Å². The Bertz CT molecular complexity index is 1020. The molecule has 1 amide bonds. The van der Waals surface area contributed by atoms with Crippen molar-refractivity contribution in [3.63, 3.8) is 0 Å². The third-order valence-corrected chi connectivity index (χ3v) is 4.86. The maximum atomic E-state index is 12.5. The highest BCUT2D eigenvalue weighted by Gasteiger charge is 2.18. The van der Waals surface area contributed by atoms with E-state index >= 15 is 0 Å². The van der Waals surface area contributed by atoms with Gasteiger partial charge in [-0.2, -0.15) is 0 Å². The molecule has 1 heterocycles. The lowest BCUT2D eigenvalue weighted by Gasteiger charge is -2.16. The first-order valence-corrected chi connectivity index (χ1v) is 8.96. The fraction of sp³-hybridized carbons (Fsp3) is 0.222. The SMILES string of the molecule is COc1ccc([N+](=O)[O-])cc1NC(=O)[C@@H](C)Nc1ccc2nc(C)sc2c1. The van der Waals surface area contributed by atoms with E-state index in [1.54, 1.807) is 18.3 Å². The monoisotopic (exact) mass is 386 g/mol. The average molecular weight is 386 g/mol. The number of fused-ring (bicyclic) bond motifs is 1. The molecule has 1 atom stereocenters. The van der Waals surface area contributed by atoms with Crippen LogP contribution in [0.4, 0.5) is 17.1 Å². The summed E-state index contributed by atoms with van der Waals surface area (Å²) in [5.74, 6) is 0.0112. The van der Waals surface area contributed by atoms with Crippen molar-refractivity contribution in [1.82, 2.24) is 4.98 Å². The minimum Gasteiger partial charge on any atom is -0.495 e. The minimum atomic E-state index is -0.569. The van der Waals surface area contributed by atoms with E-state index in [2.05, 4.69) is 15.6 Å². The molecule has 0 aliphatic carbocycles. The van der Waals surface area contributed by atoms with Crippen molar-refractivity contribution in [2.45, 2.75) is 19.9 Å². The second-order valence-corrected chi connectivity index (χ2v) is 7.15. The zero-order valence-corrected chi connectivity index (χ0v) is 15.8. The normalized spacial score (nSPS) is 11.8. The van der Waals surface area contributed by atoms with Crippen molar-refractivity contribution >= 4 is 44.5 Å². The Hall–Kier alpha value is -3.20. The zero-order chi connectivity index (χ0) is 19.6. The van der Waals surface area contributed by atoms with Crippen LogP contribution in [0.3, 0.4) is 0 Å². The number of non-ortho nitro benzene ring substituents is 1. The molecule has 2 N–H and O–H groups in total. The number of thiazole rings is 1. The molecule has 27 heavy (non-hydrogen) atoms. The fourth-order valence-electron chi connectivity index (χ4n) is 2.59. The topological polar surface area (TPSA) is 106 Å². The zero-order valence-electron chi connectivity index (χ0n) is 15.0. The molecule has 0 fully saturated rings. The van der Waals surface area contributed by atoms with Crippen molar-refractivity contribution in [3.8, 4) is 5.75 Å². The van der Waals surface area contributed by atoms with Crippen LogP contribution in [0.2, 0.25) is 0 Å². The first-order chi connectivity index (χ1) is 12.9. The quantitative estimate of drug-likeness (QED) is 0.490. The van der Waals surface area contributed by atoms with Crippen molar-refractivity contribution in [3.05, 3.63) is 51.5 Å². The van der Waals surface area contributed by atoms with Gasteiger partial charge in [-0.3, -0.25) is 14.9 Å². The number of hydrogen-bond acceptors (Lipinski definition) is 7. The van der Waals surface area contributed by atoms with E-state index in [0.717, 1.165) is 20.9 Å². The van der Waals surface area contributed by atoms with Crippen molar-refractivity contribution < 1.29 is 14.5 Å². The highest BCUT2D eigenvalue weighted by Crippen LogP contribution is 2.29. The summed E-state index contributed by atoms with van der Waals surface area (Å²) in [4.78, 5) is 27.4. The van der Waals surface area contributed by atoms with E-state index in [4.69, 9.17) is 4.74 Å². The number of ether oxygens (including phenoxy) is 1. The second-order valence-electron chi connectivity index (χ2n) is 5.91. The third-order valence-electron chi connectivity index (χ3n) is 3.92. The summed E-state index contributed by atoms with van der Waals surface area (Å²) < 4.78 is 6.20. The lowest BCUT2D eigenvalue weighted by Crippen LogP contribution is -2.32. The van der Waals surface area contributed by atoms with E-state index in [-0.39, 0.29) is 17.3 Å². The lowest BCUT2D eigenvalue weighted by molar-refractivity contribution is -0.384. The van der Waals surface area contributed by atoms with Gasteiger partial charge in [-0.1, -0.05) is 0 Å². The van der Waals surface area contributed by atoms with E-state index in [1.807, 2.05) is 25.1 Å². The number of aryl methyl sites for hydroxylation is 1. The molecule has 140 valence electrons. The summed E-state index contributed by atoms with van der Waals surface area (Å²) >= 11 is 1.58. The Morgan fingerprint density at radius 2 is 2.07 bits per heavy atom. The van der Waals surface area contributed by atoms with Crippen LogP contribution in [-0.2, 0) is 4.79 Å². The Labute approximate surface area is 159 Å². The largest absolute Gasteiger partial charge is 0.495 e. The van der Waals surface area contributed by atoms with Crippen LogP contribution in [0.5, 0.6) is 5.75 Å². The van der Waals surface area contributed by atoms with Crippen LogP contribution in [0.25, 0.3) is 10.2 Å². The van der Waals surface area contributed by atoms with E-state index in [1.165, 1.54) is 25.3 Å². The number of nitrogens with one attached hydrogen (secondary N) is 2. The predicted molar refractivity (Wildman–Crippen MR) is 106 cm³/mol. The van der Waals surface area contributed by atoms with Crippen molar-refractivity contribution in [1.29, 1.82) is 0 Å². The molecule has 0 bridgehead atoms. The van der Waals surface area contributed by atoms with Crippen molar-refractivity contribution in [2.75, 3.05) is 17.7 Å². The van der Waals surface area contributed by atoms with E-state index in [0.29, 0.717) is 5.75 Å². The summed E-state index contributed by atoms with van der Waals surface area (Å²) in [5, 5.41) is 17.7. The molecular weight excluding hydrogens is 368 g/mol. The van der Waals surface area contributed by atoms with Gasteiger partial charge in [-0.05, 0) is 38.1 Å². The Kier molecular flexibility index (Phi) is 5.22. The van der Waals surface area contributed by atoms with E-state index < -0.39 is 11.0 Å². The molecule has 1 aromatic heterocycles. The Morgan fingerprint density at radius 3 is 2.78 bits per heavy atom. The van der Waals surface area contributed by atoms with E-state index in [9.17, 15) is 14.9 Å². The van der Waals surface area contributed by atoms with Crippen LogP contribution in [0.1, 0.15) is 11.9 Å². The summed E-state index contributed by atoms with van der Waals surface area (Å²) in [6, 6.07) is 9.18. The first kappa shape index (κ1) is 18.6. The number of nitro benzene ring substituents is 1. The number of aromatic nitrogens is 1. The van der Waals surface area contributed by atoms with Gasteiger partial charge < -0.3 is 15.4 Å². The Balaban J connectivity index is 1.75. The standard InChI is InChI=1S/C18H18N4O4S/c1-10(19-12-4-6-14-17(8-12)27-11(2)20-14)18(23)21-15-9-13(22(24)25)5-7-16(15)26-3/h4-10,19H,1-3H3,(H,21,23)/t10-/m1/s1. The smallest absolute Gasteiger partial charge is 0.271 e. The fourth-order valence-corrected chi connectivity index (χ4v) is 3.46. The number of nitrogens with zero attached hydrogens (tertiary/aromatic N) is 2. The maximum absolute atomic E-state index is 12.5. The molecule has 3 aromatic rings. The van der Waals surface area contributed by atoms with Crippen LogP contribution in [-0.4, -0.2) is 29.0 Å². The third kappa shape index (κ3) is 4.14. The first-order valence-electron chi connectivity index (χ1n) is 8.14. The summed E-state index contributed by atoms with van der Waals surface area (Å²) in [6.45, 7) is 3.65.